The molecule has 0 aliphatic carbocycles. The molecule has 0 radical (unpaired) electrons. The average molecular weight is 368 g/mol. The molecule has 7 heteroatoms. The van der Waals surface area contributed by atoms with E-state index in [1.54, 1.807) is 7.11 Å². The highest BCUT2D eigenvalue weighted by molar-refractivity contribution is 6.30. The molecule has 2 aliphatic heterocycles. The standard InChI is InChI=1S/C18H26ClN3O3/c1-24-12-18(20)16(21-25-17(18)23)10-13-6-8-22(9-7-13)11-14-2-4-15(19)5-3-14/h2-5,13,16,21H,6-12,20H2,1H3. The third-order valence-electron chi connectivity index (χ3n) is 5.27. The maximum absolute atomic E-state index is 11.9. The predicted molar refractivity (Wildman–Crippen MR) is 95.9 cm³/mol. The molecule has 25 heavy (non-hydrogen) atoms. The van der Waals surface area contributed by atoms with Gasteiger partial charge in [-0.3, -0.25) is 4.90 Å². The fraction of sp³-hybridized carbons (Fsp3) is 0.611. The molecular formula is C18H26ClN3O3. The van der Waals surface area contributed by atoms with E-state index in [0.717, 1.165) is 43.9 Å². The van der Waals surface area contributed by atoms with Gasteiger partial charge in [0.25, 0.3) is 0 Å². The lowest BCUT2D eigenvalue weighted by atomic mass is 9.82. The van der Waals surface area contributed by atoms with Crippen LogP contribution in [0.25, 0.3) is 0 Å². The van der Waals surface area contributed by atoms with Gasteiger partial charge in [0.1, 0.15) is 0 Å². The molecule has 0 bridgehead atoms. The van der Waals surface area contributed by atoms with Gasteiger partial charge in [-0.05, 0) is 56.0 Å². The zero-order chi connectivity index (χ0) is 17.9. The molecule has 2 saturated heterocycles. The molecule has 0 spiro atoms. The Bertz CT molecular complexity index is 590. The molecule has 3 N–H and O–H groups in total. The van der Waals surface area contributed by atoms with Gasteiger partial charge in [-0.1, -0.05) is 23.7 Å². The lowest BCUT2D eigenvalue weighted by Crippen LogP contribution is -2.58. The molecule has 1 aromatic carbocycles. The highest BCUT2D eigenvalue weighted by Gasteiger charge is 2.50. The second kappa shape index (κ2) is 8.01. The minimum Gasteiger partial charge on any atom is -0.382 e. The highest BCUT2D eigenvalue weighted by Crippen LogP contribution is 2.29. The van der Waals surface area contributed by atoms with Crippen LogP contribution in [0.2, 0.25) is 5.02 Å². The van der Waals surface area contributed by atoms with Crippen molar-refractivity contribution < 1.29 is 14.4 Å². The van der Waals surface area contributed by atoms with Gasteiger partial charge < -0.3 is 15.3 Å². The van der Waals surface area contributed by atoms with E-state index >= 15 is 0 Å². The van der Waals surface area contributed by atoms with Crippen LogP contribution in [0.4, 0.5) is 0 Å². The largest absolute Gasteiger partial charge is 0.382 e. The van der Waals surface area contributed by atoms with Gasteiger partial charge in [-0.25, -0.2) is 4.79 Å². The molecule has 2 aliphatic rings. The Morgan fingerprint density at radius 1 is 1.36 bits per heavy atom. The van der Waals surface area contributed by atoms with Crippen molar-refractivity contribution >= 4 is 17.6 Å². The first kappa shape index (κ1) is 18.6. The van der Waals surface area contributed by atoms with Gasteiger partial charge in [-0.15, -0.1) is 5.48 Å². The van der Waals surface area contributed by atoms with Crippen molar-refractivity contribution in [3.63, 3.8) is 0 Å². The van der Waals surface area contributed by atoms with E-state index in [4.69, 9.17) is 26.9 Å². The van der Waals surface area contributed by atoms with Gasteiger partial charge in [0.15, 0.2) is 5.54 Å². The van der Waals surface area contributed by atoms with Crippen LogP contribution >= 0.6 is 11.6 Å². The highest BCUT2D eigenvalue weighted by atomic mass is 35.5. The van der Waals surface area contributed by atoms with Crippen LogP contribution in [0.5, 0.6) is 0 Å². The molecule has 2 heterocycles. The first-order valence-electron chi connectivity index (χ1n) is 8.72. The number of methoxy groups -OCH3 is 1. The first-order valence-corrected chi connectivity index (χ1v) is 9.10. The van der Waals surface area contributed by atoms with Gasteiger partial charge >= 0.3 is 5.97 Å². The lowest BCUT2D eigenvalue weighted by molar-refractivity contribution is -0.147. The third kappa shape index (κ3) is 4.33. The molecule has 2 unspecified atom stereocenters. The lowest BCUT2D eigenvalue weighted by Gasteiger charge is -2.34. The van der Waals surface area contributed by atoms with Crippen LogP contribution in [-0.4, -0.2) is 49.3 Å². The van der Waals surface area contributed by atoms with Crippen LogP contribution in [0, 0.1) is 5.92 Å². The van der Waals surface area contributed by atoms with E-state index in [0.29, 0.717) is 5.92 Å². The molecule has 0 aromatic heterocycles. The van der Waals surface area contributed by atoms with E-state index in [1.165, 1.54) is 5.56 Å². The summed E-state index contributed by atoms with van der Waals surface area (Å²) < 4.78 is 5.13. The SMILES string of the molecule is COCC1(N)C(=O)ONC1CC1CCN(Cc2ccc(Cl)cc2)CC1. The number of benzene rings is 1. The Labute approximate surface area is 153 Å². The summed E-state index contributed by atoms with van der Waals surface area (Å²) in [4.78, 5) is 19.3. The maximum atomic E-state index is 11.9. The van der Waals surface area contributed by atoms with E-state index in [1.807, 2.05) is 12.1 Å². The minimum atomic E-state index is -1.09. The third-order valence-corrected chi connectivity index (χ3v) is 5.53. The number of halogens is 1. The fourth-order valence-electron chi connectivity index (χ4n) is 3.69. The van der Waals surface area contributed by atoms with Crippen molar-refractivity contribution in [2.45, 2.75) is 37.4 Å². The summed E-state index contributed by atoms with van der Waals surface area (Å²) in [6.45, 7) is 3.18. The minimum absolute atomic E-state index is 0.166. The van der Waals surface area contributed by atoms with Crippen molar-refractivity contribution in [1.82, 2.24) is 10.4 Å². The molecule has 138 valence electrons. The monoisotopic (exact) mass is 367 g/mol. The van der Waals surface area contributed by atoms with Gasteiger partial charge in [0, 0.05) is 18.7 Å². The Morgan fingerprint density at radius 3 is 2.68 bits per heavy atom. The number of nitrogens with two attached hydrogens (primary N) is 1. The Kier molecular flexibility index (Phi) is 5.96. The van der Waals surface area contributed by atoms with Crippen molar-refractivity contribution in [3.05, 3.63) is 34.9 Å². The topological polar surface area (TPSA) is 76.8 Å². The summed E-state index contributed by atoms with van der Waals surface area (Å²) in [6.07, 6.45) is 2.99. The number of carbonyl (C=O) groups excluding carboxylic acids is 1. The molecule has 2 atom stereocenters. The fourth-order valence-corrected chi connectivity index (χ4v) is 3.81. The molecule has 3 rings (SSSR count). The number of likely N-dealkylation sites (tertiary alicyclic amines) is 1. The van der Waals surface area contributed by atoms with Crippen LogP contribution < -0.4 is 11.2 Å². The average Bonchev–Trinajstić information content (AvgIpc) is 2.87. The smallest absolute Gasteiger partial charge is 0.348 e. The van der Waals surface area contributed by atoms with Crippen molar-refractivity contribution in [2.24, 2.45) is 11.7 Å². The number of piperidine rings is 1. The Hall–Kier alpha value is -1.18. The normalized spacial score (nSPS) is 28.3. The number of ether oxygens (including phenoxy) is 1. The number of hydroxylamine groups is 1. The summed E-state index contributed by atoms with van der Waals surface area (Å²) in [5, 5.41) is 0.768. The van der Waals surface area contributed by atoms with Crippen molar-refractivity contribution in [2.75, 3.05) is 26.8 Å². The van der Waals surface area contributed by atoms with E-state index in [9.17, 15) is 4.79 Å². The number of hydrogen-bond acceptors (Lipinski definition) is 6. The number of hydrogen-bond donors (Lipinski definition) is 2. The Morgan fingerprint density at radius 2 is 2.04 bits per heavy atom. The Balaban J connectivity index is 1.49. The van der Waals surface area contributed by atoms with Crippen molar-refractivity contribution in [1.29, 1.82) is 0 Å². The molecule has 0 saturated carbocycles. The number of nitrogens with zero attached hydrogens (tertiary/aromatic N) is 1. The van der Waals surface area contributed by atoms with Gasteiger partial charge in [0.05, 0.1) is 12.6 Å². The summed E-state index contributed by atoms with van der Waals surface area (Å²) in [5.41, 5.74) is 9.23. The number of rotatable bonds is 6. The van der Waals surface area contributed by atoms with Gasteiger partial charge in [-0.2, -0.15) is 0 Å². The predicted octanol–water partition coefficient (Wildman–Crippen LogP) is 1.72. The number of carbonyl (C=O) groups is 1. The van der Waals surface area contributed by atoms with Crippen molar-refractivity contribution in [3.8, 4) is 0 Å². The molecular weight excluding hydrogens is 342 g/mol. The van der Waals surface area contributed by atoms with Crippen LogP contribution in [-0.2, 0) is 20.9 Å². The summed E-state index contributed by atoms with van der Waals surface area (Å²) in [6, 6.07) is 7.82. The summed E-state index contributed by atoms with van der Waals surface area (Å²) in [5.74, 6) is 0.0905. The van der Waals surface area contributed by atoms with E-state index in [2.05, 4.69) is 22.5 Å². The summed E-state index contributed by atoms with van der Waals surface area (Å²) >= 11 is 5.94. The molecule has 6 nitrogen and oxygen atoms in total. The van der Waals surface area contributed by atoms with E-state index in [-0.39, 0.29) is 12.6 Å². The molecule has 1 aromatic rings. The second-order valence-electron chi connectivity index (χ2n) is 7.12. The van der Waals surface area contributed by atoms with Crippen LogP contribution in [0.1, 0.15) is 24.8 Å². The zero-order valence-electron chi connectivity index (χ0n) is 14.5. The van der Waals surface area contributed by atoms with Gasteiger partial charge in [0.2, 0.25) is 0 Å². The second-order valence-corrected chi connectivity index (χ2v) is 7.55. The summed E-state index contributed by atoms with van der Waals surface area (Å²) in [7, 11) is 1.55. The molecule has 2 fully saturated rings. The molecule has 0 amide bonds. The quantitative estimate of drug-likeness (QED) is 0.797. The first-order chi connectivity index (χ1) is 12.0. The van der Waals surface area contributed by atoms with E-state index < -0.39 is 11.5 Å². The van der Waals surface area contributed by atoms with Crippen LogP contribution in [0.3, 0.4) is 0 Å². The maximum Gasteiger partial charge on any atom is 0.348 e. The number of nitrogens with one attached hydrogen (secondary N) is 1. The van der Waals surface area contributed by atoms with Crippen LogP contribution in [0.15, 0.2) is 24.3 Å². The zero-order valence-corrected chi connectivity index (χ0v) is 15.3.